The summed E-state index contributed by atoms with van der Waals surface area (Å²) in [6.07, 6.45) is 3.45. The Bertz CT molecular complexity index is 820. The number of nitrogens with one attached hydrogen (secondary N) is 1. The second-order valence-corrected chi connectivity index (χ2v) is 8.70. The molecule has 0 saturated carbocycles. The van der Waals surface area contributed by atoms with Crippen LogP contribution in [0.3, 0.4) is 0 Å². The average molecular weight is 378 g/mol. The van der Waals surface area contributed by atoms with Gasteiger partial charge in [-0.15, -0.1) is 0 Å². The molecule has 6 nitrogen and oxygen atoms in total. The summed E-state index contributed by atoms with van der Waals surface area (Å²) in [7, 11) is 0.115. The fraction of sp³-hybridized carbons (Fsp3) is 0.474. The van der Waals surface area contributed by atoms with Gasteiger partial charge in [0.1, 0.15) is 0 Å². The van der Waals surface area contributed by atoms with Crippen LogP contribution in [0, 0.1) is 0 Å². The van der Waals surface area contributed by atoms with Gasteiger partial charge in [0.15, 0.2) is 0 Å². The van der Waals surface area contributed by atoms with Crippen LogP contribution < -0.4 is 4.72 Å². The average Bonchev–Trinajstić information content (AvgIpc) is 3.21. The molecule has 0 spiro atoms. The van der Waals surface area contributed by atoms with Crippen molar-refractivity contribution in [2.45, 2.75) is 29.8 Å². The lowest BCUT2D eigenvalue weighted by Crippen LogP contribution is -2.51. The Kier molecular flexibility index (Phi) is 5.82. The van der Waals surface area contributed by atoms with Gasteiger partial charge in [0.05, 0.1) is 4.90 Å². The van der Waals surface area contributed by atoms with E-state index in [4.69, 9.17) is 4.74 Å². The first-order valence-corrected chi connectivity index (χ1v) is 10.3. The number of hydrogen-bond acceptors (Lipinski definition) is 4. The van der Waals surface area contributed by atoms with Crippen LogP contribution in [0.5, 0.6) is 0 Å². The molecule has 1 aromatic heterocycles. The summed E-state index contributed by atoms with van der Waals surface area (Å²) in [5.74, 6) is 0. The number of ether oxygens (including phenoxy) is 1. The van der Waals surface area contributed by atoms with Crippen LogP contribution in [0.25, 0.3) is 0 Å². The molecule has 1 aliphatic rings. The molecule has 0 radical (unpaired) electrons. The number of methoxy groups -OCH3 is 1. The number of nitrogens with zero attached hydrogens (tertiary/aromatic N) is 2. The number of likely N-dealkylation sites (tertiary alicyclic amines) is 1. The predicted octanol–water partition coefficient (Wildman–Crippen LogP) is 1.98. The Morgan fingerprint density at radius 3 is 2.62 bits per heavy atom. The minimum atomic E-state index is -3.56. The zero-order valence-corrected chi connectivity index (χ0v) is 16.2. The van der Waals surface area contributed by atoms with Crippen molar-refractivity contribution in [2.75, 3.05) is 26.8 Å². The van der Waals surface area contributed by atoms with Crippen molar-refractivity contribution >= 4 is 10.0 Å². The molecule has 1 aromatic carbocycles. The maximum absolute atomic E-state index is 12.9. The summed E-state index contributed by atoms with van der Waals surface area (Å²) < 4.78 is 36.1. The van der Waals surface area contributed by atoms with Crippen LogP contribution in [-0.4, -0.2) is 50.2 Å². The molecule has 2 heterocycles. The Labute approximate surface area is 155 Å². The fourth-order valence-corrected chi connectivity index (χ4v) is 5.03. The summed E-state index contributed by atoms with van der Waals surface area (Å²) in [5.41, 5.74) is 0.717. The van der Waals surface area contributed by atoms with Gasteiger partial charge in [-0.25, -0.2) is 13.1 Å². The van der Waals surface area contributed by atoms with E-state index < -0.39 is 15.6 Å². The number of rotatable bonds is 8. The largest absolute Gasteiger partial charge is 0.385 e. The smallest absolute Gasteiger partial charge is 0.241 e. The Balaban J connectivity index is 1.76. The first-order chi connectivity index (χ1) is 12.4. The lowest BCUT2D eigenvalue weighted by molar-refractivity contribution is 0.161. The van der Waals surface area contributed by atoms with E-state index in [0.29, 0.717) is 24.5 Å². The number of hydrogen-bond donors (Lipinski definition) is 1. The number of aryl methyl sites for hydroxylation is 1. The highest BCUT2D eigenvalue weighted by Gasteiger charge is 2.41. The van der Waals surface area contributed by atoms with Crippen molar-refractivity contribution in [1.29, 1.82) is 0 Å². The molecule has 142 valence electrons. The van der Waals surface area contributed by atoms with Gasteiger partial charge in [-0.1, -0.05) is 18.2 Å². The van der Waals surface area contributed by atoms with E-state index in [0.717, 1.165) is 19.5 Å². The Hall–Kier alpha value is -1.67. The first kappa shape index (κ1) is 19.1. The minimum absolute atomic E-state index is 0.303. The zero-order valence-electron chi connectivity index (χ0n) is 15.4. The number of sulfonamides is 1. The van der Waals surface area contributed by atoms with E-state index >= 15 is 0 Å². The van der Waals surface area contributed by atoms with E-state index in [1.165, 1.54) is 5.69 Å². The molecule has 7 heteroatoms. The van der Waals surface area contributed by atoms with Gasteiger partial charge in [0, 0.05) is 57.8 Å². The van der Waals surface area contributed by atoms with Crippen molar-refractivity contribution in [3.63, 3.8) is 0 Å². The molecule has 0 aliphatic carbocycles. The van der Waals surface area contributed by atoms with E-state index in [1.54, 1.807) is 31.4 Å². The van der Waals surface area contributed by atoms with Crippen molar-refractivity contribution < 1.29 is 13.2 Å². The Morgan fingerprint density at radius 1 is 1.19 bits per heavy atom. The third-order valence-corrected chi connectivity index (χ3v) is 6.65. The Morgan fingerprint density at radius 2 is 1.96 bits per heavy atom. The molecule has 0 bridgehead atoms. The molecule has 1 fully saturated rings. The zero-order chi connectivity index (χ0) is 18.6. The van der Waals surface area contributed by atoms with E-state index in [-0.39, 0.29) is 0 Å². The first-order valence-electron chi connectivity index (χ1n) is 8.85. The molecular weight excluding hydrogens is 350 g/mol. The highest BCUT2D eigenvalue weighted by molar-refractivity contribution is 7.89. The van der Waals surface area contributed by atoms with Gasteiger partial charge in [-0.05, 0) is 37.1 Å². The van der Waals surface area contributed by atoms with Gasteiger partial charge in [0.25, 0.3) is 0 Å². The topological polar surface area (TPSA) is 63.6 Å². The normalized spacial score (nSPS) is 21.3. The molecule has 1 N–H and O–H groups in total. The molecule has 26 heavy (non-hydrogen) atoms. The number of aromatic nitrogens is 1. The molecule has 0 amide bonds. The van der Waals surface area contributed by atoms with E-state index in [2.05, 4.69) is 20.3 Å². The van der Waals surface area contributed by atoms with Gasteiger partial charge in [0.2, 0.25) is 10.0 Å². The van der Waals surface area contributed by atoms with E-state index in [1.807, 2.05) is 25.4 Å². The van der Waals surface area contributed by atoms with Crippen LogP contribution in [0.15, 0.2) is 53.6 Å². The van der Waals surface area contributed by atoms with Crippen LogP contribution in [-0.2, 0) is 28.4 Å². The third kappa shape index (κ3) is 4.35. The monoisotopic (exact) mass is 377 g/mol. The molecular formula is C19H27N3O3S. The third-order valence-electron chi connectivity index (χ3n) is 5.06. The van der Waals surface area contributed by atoms with E-state index in [9.17, 15) is 8.42 Å². The van der Waals surface area contributed by atoms with Crippen molar-refractivity contribution in [3.8, 4) is 0 Å². The van der Waals surface area contributed by atoms with Crippen LogP contribution in [0.2, 0.25) is 0 Å². The summed E-state index contributed by atoms with van der Waals surface area (Å²) in [5, 5.41) is 0. The predicted molar refractivity (Wildman–Crippen MR) is 101 cm³/mol. The van der Waals surface area contributed by atoms with Crippen molar-refractivity contribution in [1.82, 2.24) is 14.2 Å². The standard InChI is InChI=1S/C19H27N3O3S/c1-21-12-6-7-17(21)15-22-13-10-19(16-22,11-14-25-2)20-26(23,24)18-8-4-3-5-9-18/h3-9,12,20H,10-11,13-16H2,1-2H3/t19-/m1/s1. The lowest BCUT2D eigenvalue weighted by Gasteiger charge is -2.30. The number of benzene rings is 1. The SMILES string of the molecule is COCC[C@]1(NS(=O)(=O)c2ccccc2)CCN(Cc2cccn2C)C1. The second-order valence-electron chi connectivity index (χ2n) is 7.01. The molecule has 1 aliphatic heterocycles. The van der Waals surface area contributed by atoms with Gasteiger partial charge in [-0.3, -0.25) is 4.90 Å². The van der Waals surface area contributed by atoms with Gasteiger partial charge < -0.3 is 9.30 Å². The van der Waals surface area contributed by atoms with Crippen LogP contribution in [0.4, 0.5) is 0 Å². The van der Waals surface area contributed by atoms with Crippen LogP contribution >= 0.6 is 0 Å². The maximum Gasteiger partial charge on any atom is 0.241 e. The summed E-state index contributed by atoms with van der Waals surface area (Å²) in [6.45, 7) is 2.86. The summed E-state index contributed by atoms with van der Waals surface area (Å²) in [6, 6.07) is 12.7. The molecule has 0 unspecified atom stereocenters. The van der Waals surface area contributed by atoms with Gasteiger partial charge in [-0.2, -0.15) is 0 Å². The lowest BCUT2D eigenvalue weighted by atomic mass is 9.96. The quantitative estimate of drug-likeness (QED) is 0.764. The maximum atomic E-state index is 12.9. The molecule has 3 rings (SSSR count). The highest BCUT2D eigenvalue weighted by atomic mass is 32.2. The summed E-state index contributed by atoms with van der Waals surface area (Å²) in [4.78, 5) is 2.61. The highest BCUT2D eigenvalue weighted by Crippen LogP contribution is 2.28. The fourth-order valence-electron chi connectivity index (χ4n) is 3.56. The molecule has 2 aromatic rings. The summed E-state index contributed by atoms with van der Waals surface area (Å²) >= 11 is 0. The van der Waals surface area contributed by atoms with Crippen molar-refractivity contribution in [2.24, 2.45) is 7.05 Å². The van der Waals surface area contributed by atoms with Crippen LogP contribution in [0.1, 0.15) is 18.5 Å². The molecule has 1 saturated heterocycles. The second kappa shape index (κ2) is 7.92. The molecule has 1 atom stereocenters. The van der Waals surface area contributed by atoms with Crippen molar-refractivity contribution in [3.05, 3.63) is 54.4 Å². The minimum Gasteiger partial charge on any atom is -0.385 e. The van der Waals surface area contributed by atoms with Gasteiger partial charge >= 0.3 is 0 Å².